The van der Waals surface area contributed by atoms with E-state index in [0.717, 1.165) is 19.1 Å². The fraction of sp³-hybridized carbons (Fsp3) is 0.318. The van der Waals surface area contributed by atoms with E-state index in [0.29, 0.717) is 19.7 Å². The summed E-state index contributed by atoms with van der Waals surface area (Å²) in [5.74, 6) is 0.766. The van der Waals surface area contributed by atoms with Crippen molar-refractivity contribution in [3.63, 3.8) is 0 Å². The molecular weight excluding hydrogens is 364 g/mol. The van der Waals surface area contributed by atoms with Crippen LogP contribution in [0.3, 0.4) is 0 Å². The highest BCUT2D eigenvalue weighted by atomic mass is 16.5. The Bertz CT molecular complexity index is 890. The van der Waals surface area contributed by atoms with Crippen molar-refractivity contribution in [3.05, 3.63) is 72.3 Å². The maximum Gasteiger partial charge on any atom is 0.191 e. The summed E-state index contributed by atoms with van der Waals surface area (Å²) in [5.41, 5.74) is 4.79. The maximum atomic E-state index is 5.36. The molecule has 0 atom stereocenters. The Labute approximate surface area is 171 Å². The topological polar surface area (TPSA) is 76.4 Å². The molecule has 0 amide bonds. The Morgan fingerprint density at radius 3 is 2.66 bits per heavy atom. The molecule has 7 heteroatoms. The van der Waals surface area contributed by atoms with Crippen LogP contribution in [0.4, 0.5) is 0 Å². The number of rotatable bonds is 9. The van der Waals surface area contributed by atoms with Crippen LogP contribution in [0.1, 0.15) is 18.1 Å². The van der Waals surface area contributed by atoms with Crippen molar-refractivity contribution < 1.29 is 4.74 Å². The number of benzene rings is 2. The molecule has 0 fully saturated rings. The molecule has 3 aromatic rings. The first-order valence-electron chi connectivity index (χ1n) is 9.82. The predicted molar refractivity (Wildman–Crippen MR) is 116 cm³/mol. The number of aromatic nitrogens is 3. The van der Waals surface area contributed by atoms with E-state index < -0.39 is 0 Å². The molecule has 152 valence electrons. The van der Waals surface area contributed by atoms with Crippen molar-refractivity contribution >= 4 is 5.96 Å². The maximum absolute atomic E-state index is 5.36. The summed E-state index contributed by atoms with van der Waals surface area (Å²) in [6, 6.07) is 17.0. The number of aliphatic imine (C=N–C) groups is 1. The van der Waals surface area contributed by atoms with Gasteiger partial charge in [-0.1, -0.05) is 48.5 Å². The van der Waals surface area contributed by atoms with Crippen LogP contribution in [0.5, 0.6) is 0 Å². The number of nitrogens with zero attached hydrogens (tertiary/aromatic N) is 4. The zero-order chi connectivity index (χ0) is 20.3. The van der Waals surface area contributed by atoms with Crippen LogP contribution >= 0.6 is 0 Å². The van der Waals surface area contributed by atoms with Crippen molar-refractivity contribution in [2.75, 3.05) is 26.8 Å². The first-order valence-corrected chi connectivity index (χ1v) is 9.82. The Hall–Kier alpha value is -3.19. The minimum absolute atomic E-state index is 0.661. The van der Waals surface area contributed by atoms with Gasteiger partial charge in [0.2, 0.25) is 0 Å². The summed E-state index contributed by atoms with van der Waals surface area (Å²) in [6.45, 7) is 5.50. The molecule has 29 heavy (non-hydrogen) atoms. The lowest BCUT2D eigenvalue weighted by Crippen LogP contribution is -2.38. The predicted octanol–water partition coefficient (Wildman–Crippen LogP) is 2.69. The summed E-state index contributed by atoms with van der Waals surface area (Å²) in [6.07, 6.45) is 3.28. The number of ether oxygens (including phenoxy) is 1. The Kier molecular flexibility index (Phi) is 7.77. The minimum Gasteiger partial charge on any atom is -0.380 e. The molecule has 0 aliphatic heterocycles. The van der Waals surface area contributed by atoms with Crippen LogP contribution in [-0.2, 0) is 17.8 Å². The first kappa shape index (κ1) is 20.5. The Morgan fingerprint density at radius 2 is 1.93 bits per heavy atom. The van der Waals surface area contributed by atoms with Gasteiger partial charge < -0.3 is 15.4 Å². The third-order valence-electron chi connectivity index (χ3n) is 4.51. The van der Waals surface area contributed by atoms with Gasteiger partial charge in [-0.3, -0.25) is 4.99 Å². The van der Waals surface area contributed by atoms with Gasteiger partial charge in [-0.15, -0.1) is 0 Å². The van der Waals surface area contributed by atoms with E-state index in [4.69, 9.17) is 4.74 Å². The third kappa shape index (κ3) is 6.15. The lowest BCUT2D eigenvalue weighted by molar-refractivity contribution is 0.152. The zero-order valence-electron chi connectivity index (χ0n) is 17.0. The van der Waals surface area contributed by atoms with Crippen LogP contribution in [0.2, 0.25) is 0 Å². The summed E-state index contributed by atoms with van der Waals surface area (Å²) in [7, 11) is 1.77. The SMILES string of the molecule is CCOCCNC(=NC)NCc1ccccc1-c1ccc(Cn2cncn2)cc1. The summed E-state index contributed by atoms with van der Waals surface area (Å²) < 4.78 is 7.17. The molecule has 0 bridgehead atoms. The van der Waals surface area contributed by atoms with Crippen LogP contribution < -0.4 is 10.6 Å². The molecule has 0 saturated heterocycles. The molecule has 0 saturated carbocycles. The second-order valence-corrected chi connectivity index (χ2v) is 6.50. The van der Waals surface area contributed by atoms with Crippen molar-refractivity contribution in [3.8, 4) is 11.1 Å². The van der Waals surface area contributed by atoms with Gasteiger partial charge in [-0.25, -0.2) is 9.67 Å². The van der Waals surface area contributed by atoms with E-state index in [1.807, 2.05) is 11.6 Å². The fourth-order valence-corrected chi connectivity index (χ4v) is 3.03. The van der Waals surface area contributed by atoms with Gasteiger partial charge in [0.15, 0.2) is 5.96 Å². The molecule has 1 aromatic heterocycles. The third-order valence-corrected chi connectivity index (χ3v) is 4.51. The molecule has 3 rings (SSSR count). The monoisotopic (exact) mass is 392 g/mol. The summed E-state index contributed by atoms with van der Waals surface area (Å²) in [5, 5.41) is 10.8. The van der Waals surface area contributed by atoms with Gasteiger partial charge >= 0.3 is 0 Å². The molecule has 0 radical (unpaired) electrons. The second-order valence-electron chi connectivity index (χ2n) is 6.50. The molecular formula is C22H28N6O. The normalized spacial score (nSPS) is 11.4. The number of guanidine groups is 1. The Morgan fingerprint density at radius 1 is 1.10 bits per heavy atom. The fourth-order valence-electron chi connectivity index (χ4n) is 3.03. The van der Waals surface area contributed by atoms with Gasteiger partial charge in [0.1, 0.15) is 12.7 Å². The van der Waals surface area contributed by atoms with E-state index >= 15 is 0 Å². The molecule has 0 unspecified atom stereocenters. The van der Waals surface area contributed by atoms with Gasteiger partial charge in [0, 0.05) is 26.7 Å². The minimum atomic E-state index is 0.661. The van der Waals surface area contributed by atoms with E-state index in [9.17, 15) is 0 Å². The van der Waals surface area contributed by atoms with Gasteiger partial charge in [-0.05, 0) is 29.2 Å². The van der Waals surface area contributed by atoms with Crippen LogP contribution in [0.15, 0.2) is 66.2 Å². The molecule has 0 spiro atoms. The zero-order valence-corrected chi connectivity index (χ0v) is 17.0. The average Bonchev–Trinajstić information content (AvgIpc) is 3.27. The highest BCUT2D eigenvalue weighted by Gasteiger charge is 2.06. The quantitative estimate of drug-likeness (QED) is 0.333. The van der Waals surface area contributed by atoms with Crippen molar-refractivity contribution in [1.82, 2.24) is 25.4 Å². The molecule has 0 aliphatic rings. The van der Waals surface area contributed by atoms with E-state index in [2.05, 4.69) is 74.2 Å². The highest BCUT2D eigenvalue weighted by Crippen LogP contribution is 2.24. The highest BCUT2D eigenvalue weighted by molar-refractivity contribution is 5.80. The first-order chi connectivity index (χ1) is 14.3. The Balaban J connectivity index is 1.64. The molecule has 7 nitrogen and oxygen atoms in total. The van der Waals surface area contributed by atoms with E-state index in [-0.39, 0.29) is 0 Å². The smallest absolute Gasteiger partial charge is 0.191 e. The average molecular weight is 393 g/mol. The van der Waals surface area contributed by atoms with Crippen LogP contribution in [0, 0.1) is 0 Å². The molecule has 2 aromatic carbocycles. The van der Waals surface area contributed by atoms with E-state index in [1.54, 1.807) is 19.7 Å². The van der Waals surface area contributed by atoms with Crippen molar-refractivity contribution in [1.29, 1.82) is 0 Å². The van der Waals surface area contributed by atoms with Crippen molar-refractivity contribution in [2.45, 2.75) is 20.0 Å². The van der Waals surface area contributed by atoms with Crippen LogP contribution in [0.25, 0.3) is 11.1 Å². The number of hydrogen-bond donors (Lipinski definition) is 2. The number of nitrogens with one attached hydrogen (secondary N) is 2. The van der Waals surface area contributed by atoms with Gasteiger partial charge in [-0.2, -0.15) is 5.10 Å². The summed E-state index contributed by atoms with van der Waals surface area (Å²) in [4.78, 5) is 8.26. The standard InChI is InChI=1S/C22H28N6O/c1-3-29-13-12-25-22(23-2)26-14-20-6-4-5-7-21(20)19-10-8-18(9-11-19)15-28-17-24-16-27-28/h4-11,16-17H,3,12-15H2,1-2H3,(H2,23,25,26). The van der Waals surface area contributed by atoms with Gasteiger partial charge in [0.25, 0.3) is 0 Å². The van der Waals surface area contributed by atoms with Crippen LogP contribution in [-0.4, -0.2) is 47.5 Å². The summed E-state index contributed by atoms with van der Waals surface area (Å²) >= 11 is 0. The molecule has 1 heterocycles. The lowest BCUT2D eigenvalue weighted by atomic mass is 9.98. The molecule has 2 N–H and O–H groups in total. The second kappa shape index (κ2) is 11.0. The van der Waals surface area contributed by atoms with E-state index in [1.165, 1.54) is 22.3 Å². The van der Waals surface area contributed by atoms with Crippen molar-refractivity contribution in [2.24, 2.45) is 4.99 Å². The largest absolute Gasteiger partial charge is 0.380 e. The van der Waals surface area contributed by atoms with Gasteiger partial charge in [0.05, 0.1) is 13.2 Å². The number of hydrogen-bond acceptors (Lipinski definition) is 4. The molecule has 0 aliphatic carbocycles. The lowest BCUT2D eigenvalue weighted by Gasteiger charge is -2.15.